The van der Waals surface area contributed by atoms with Crippen LogP contribution in [0.25, 0.3) is 0 Å². The summed E-state index contributed by atoms with van der Waals surface area (Å²) in [5, 5.41) is 64.0. The predicted molar refractivity (Wildman–Crippen MR) is 152 cm³/mol. The van der Waals surface area contributed by atoms with Gasteiger partial charge in [-0.15, -0.1) is 0 Å². The SMILES string of the molecule is CC1OC(O[C@H]2C[C@](O)(C(=O)CO)Cc3c(O)c4c(c(O)c32)C(=O)c2ccccc2C4=O)CCC1OC1CC(O)C(O)C(C)O1. The molecule has 2 aliphatic heterocycles. The molecule has 45 heavy (non-hydrogen) atoms. The minimum absolute atomic E-state index is 0.0371. The predicted octanol–water partition coefficient (Wildman–Crippen LogP) is 0.937. The molecule has 0 radical (unpaired) electrons. The van der Waals surface area contributed by atoms with Crippen LogP contribution in [-0.4, -0.2) is 103 Å². The van der Waals surface area contributed by atoms with E-state index in [2.05, 4.69) is 0 Å². The van der Waals surface area contributed by atoms with Gasteiger partial charge in [-0.1, -0.05) is 24.3 Å². The molecule has 7 unspecified atom stereocenters. The summed E-state index contributed by atoms with van der Waals surface area (Å²) in [5.41, 5.74) is -3.18. The molecule has 2 aliphatic carbocycles. The number of fused-ring (bicyclic) bond motifs is 3. The molecular formula is C32H36O13. The van der Waals surface area contributed by atoms with Crippen molar-refractivity contribution < 1.29 is 64.0 Å². The second-order valence-corrected chi connectivity index (χ2v) is 12.2. The molecule has 0 aromatic heterocycles. The highest BCUT2D eigenvalue weighted by molar-refractivity contribution is 6.30. The van der Waals surface area contributed by atoms with Crippen LogP contribution in [0.1, 0.15) is 88.6 Å². The molecule has 13 heteroatoms. The van der Waals surface area contributed by atoms with E-state index < -0.39 is 114 Å². The highest BCUT2D eigenvalue weighted by atomic mass is 16.7. The first-order chi connectivity index (χ1) is 21.3. The van der Waals surface area contributed by atoms with E-state index in [4.69, 9.17) is 18.9 Å². The molecule has 13 nitrogen and oxygen atoms in total. The third-order valence-electron chi connectivity index (χ3n) is 9.33. The van der Waals surface area contributed by atoms with Crippen LogP contribution < -0.4 is 0 Å². The highest BCUT2D eigenvalue weighted by Gasteiger charge is 2.50. The van der Waals surface area contributed by atoms with Crippen molar-refractivity contribution in [2.75, 3.05) is 6.61 Å². The van der Waals surface area contributed by atoms with Gasteiger partial charge < -0.3 is 49.6 Å². The fourth-order valence-corrected chi connectivity index (χ4v) is 6.86. The van der Waals surface area contributed by atoms with Gasteiger partial charge in [0.2, 0.25) is 0 Å². The minimum atomic E-state index is -2.23. The maximum Gasteiger partial charge on any atom is 0.198 e. The quantitative estimate of drug-likeness (QED) is 0.210. The van der Waals surface area contributed by atoms with E-state index in [0.717, 1.165) is 0 Å². The standard InChI is InChI=1S/C32H36O13/c1-13-19(44-23-9-18(34)27(36)14(2)43-23)7-8-22(42-13)45-20-11-32(41,21(35)12-33)10-17-24(20)31(40)26-25(30(17)39)28(37)15-5-3-4-6-16(15)29(26)38/h3-6,13-14,18-20,22-23,27,33-34,36,39-41H,7-12H2,1-2H3/t13?,14?,18?,19?,20-,22?,23?,27?,32-/m0/s1. The second kappa shape index (κ2) is 11.8. The molecule has 4 aliphatic rings. The van der Waals surface area contributed by atoms with E-state index in [1.54, 1.807) is 26.0 Å². The third kappa shape index (κ3) is 5.36. The molecule has 9 atom stereocenters. The summed E-state index contributed by atoms with van der Waals surface area (Å²) in [6, 6.07) is 6.00. The van der Waals surface area contributed by atoms with E-state index in [1.807, 2.05) is 0 Å². The maximum atomic E-state index is 13.5. The van der Waals surface area contributed by atoms with E-state index in [9.17, 15) is 45.0 Å². The fraction of sp³-hybridized carbons (Fsp3) is 0.531. The van der Waals surface area contributed by atoms with Crippen LogP contribution in [0.3, 0.4) is 0 Å². The fourth-order valence-electron chi connectivity index (χ4n) is 6.86. The van der Waals surface area contributed by atoms with Crippen molar-refractivity contribution in [3.63, 3.8) is 0 Å². The number of ether oxygens (including phenoxy) is 4. The van der Waals surface area contributed by atoms with Gasteiger partial charge in [-0.25, -0.2) is 0 Å². The summed E-state index contributed by atoms with van der Waals surface area (Å²) in [7, 11) is 0. The number of Topliss-reactive ketones (excluding diaryl/α,β-unsaturated/α-hetero) is 1. The van der Waals surface area contributed by atoms with Gasteiger partial charge in [-0.05, 0) is 20.3 Å². The van der Waals surface area contributed by atoms with E-state index in [1.165, 1.54) is 12.1 Å². The zero-order chi connectivity index (χ0) is 32.4. The molecule has 6 rings (SSSR count). The Hall–Kier alpha value is -3.27. The normalized spacial score (nSPS) is 34.5. The zero-order valence-electron chi connectivity index (χ0n) is 24.7. The summed E-state index contributed by atoms with van der Waals surface area (Å²) in [6.07, 6.45) is -6.96. The number of ketones is 3. The Morgan fingerprint density at radius 2 is 1.56 bits per heavy atom. The largest absolute Gasteiger partial charge is 0.507 e. The molecule has 2 saturated heterocycles. The van der Waals surface area contributed by atoms with Gasteiger partial charge in [0, 0.05) is 47.9 Å². The van der Waals surface area contributed by atoms with Crippen molar-refractivity contribution in [2.24, 2.45) is 0 Å². The zero-order valence-corrected chi connectivity index (χ0v) is 24.7. The van der Waals surface area contributed by atoms with Crippen LogP contribution in [0.2, 0.25) is 0 Å². The first kappa shape index (κ1) is 31.7. The number of phenols is 2. The monoisotopic (exact) mass is 628 g/mol. The van der Waals surface area contributed by atoms with Gasteiger partial charge >= 0.3 is 0 Å². The number of hydrogen-bond acceptors (Lipinski definition) is 13. The lowest BCUT2D eigenvalue weighted by Gasteiger charge is -2.42. The Labute approximate surface area is 257 Å². The van der Waals surface area contributed by atoms with Gasteiger partial charge in [-0.2, -0.15) is 0 Å². The number of aromatic hydroxyl groups is 2. The van der Waals surface area contributed by atoms with Gasteiger partial charge in [0.25, 0.3) is 0 Å². The van der Waals surface area contributed by atoms with E-state index in [0.29, 0.717) is 6.42 Å². The first-order valence-corrected chi connectivity index (χ1v) is 15.0. The van der Waals surface area contributed by atoms with Crippen molar-refractivity contribution in [1.29, 1.82) is 0 Å². The molecule has 2 heterocycles. The molecule has 6 N–H and O–H groups in total. The van der Waals surface area contributed by atoms with E-state index >= 15 is 0 Å². The number of benzene rings is 2. The van der Waals surface area contributed by atoms with Gasteiger partial charge in [0.1, 0.15) is 29.8 Å². The molecule has 2 fully saturated rings. The Morgan fingerprint density at radius 1 is 0.933 bits per heavy atom. The number of rotatable bonds is 6. The number of carbonyl (C=O) groups is 3. The third-order valence-corrected chi connectivity index (χ3v) is 9.33. The van der Waals surface area contributed by atoms with Crippen molar-refractivity contribution in [3.8, 4) is 11.5 Å². The smallest absolute Gasteiger partial charge is 0.198 e. The van der Waals surface area contributed by atoms with Crippen molar-refractivity contribution in [2.45, 2.75) is 101 Å². The lowest BCUT2D eigenvalue weighted by Crippen LogP contribution is -2.50. The minimum Gasteiger partial charge on any atom is -0.507 e. The number of hydrogen-bond donors (Lipinski definition) is 6. The topological polar surface area (TPSA) is 210 Å². The number of phenolic OH excluding ortho intramolecular Hbond substituents is 2. The molecule has 2 aromatic carbocycles. The van der Waals surface area contributed by atoms with Crippen LogP contribution in [-0.2, 0) is 30.2 Å². The Morgan fingerprint density at radius 3 is 2.16 bits per heavy atom. The number of aliphatic hydroxyl groups is 4. The van der Waals surface area contributed by atoms with Crippen molar-refractivity contribution in [1.82, 2.24) is 0 Å². The Kier molecular flexibility index (Phi) is 8.33. The van der Waals surface area contributed by atoms with Crippen molar-refractivity contribution >= 4 is 17.3 Å². The molecule has 0 spiro atoms. The molecule has 242 valence electrons. The second-order valence-electron chi connectivity index (χ2n) is 12.2. The van der Waals surface area contributed by atoms with Crippen molar-refractivity contribution in [3.05, 3.63) is 57.6 Å². The summed E-state index contributed by atoms with van der Waals surface area (Å²) < 4.78 is 24.0. The molecule has 0 amide bonds. The molecule has 0 saturated carbocycles. The van der Waals surface area contributed by atoms with Crippen LogP contribution in [0, 0.1) is 0 Å². The maximum absolute atomic E-state index is 13.5. The van der Waals surface area contributed by atoms with Crippen LogP contribution in [0.5, 0.6) is 11.5 Å². The number of carbonyl (C=O) groups excluding carboxylic acids is 3. The highest BCUT2D eigenvalue weighted by Crippen LogP contribution is 2.52. The molecular weight excluding hydrogens is 592 g/mol. The first-order valence-electron chi connectivity index (χ1n) is 15.0. The Bertz CT molecular complexity index is 1530. The molecule has 2 aromatic rings. The summed E-state index contributed by atoms with van der Waals surface area (Å²) in [5.74, 6) is -3.61. The Balaban J connectivity index is 1.29. The summed E-state index contributed by atoms with van der Waals surface area (Å²) >= 11 is 0. The average molecular weight is 629 g/mol. The average Bonchev–Trinajstić information content (AvgIpc) is 3.01. The van der Waals surface area contributed by atoms with E-state index in [-0.39, 0.29) is 35.1 Å². The van der Waals surface area contributed by atoms with Crippen LogP contribution in [0.4, 0.5) is 0 Å². The lowest BCUT2D eigenvalue weighted by molar-refractivity contribution is -0.299. The molecule has 0 bridgehead atoms. The van der Waals surface area contributed by atoms with Gasteiger partial charge in [-0.3, -0.25) is 14.4 Å². The van der Waals surface area contributed by atoms with Gasteiger partial charge in [0.05, 0.1) is 41.6 Å². The summed E-state index contributed by atoms with van der Waals surface area (Å²) in [6.45, 7) is 2.36. The summed E-state index contributed by atoms with van der Waals surface area (Å²) in [4.78, 5) is 39.7. The lowest BCUT2D eigenvalue weighted by atomic mass is 9.72. The van der Waals surface area contributed by atoms with Crippen LogP contribution in [0.15, 0.2) is 24.3 Å². The van der Waals surface area contributed by atoms with Crippen LogP contribution >= 0.6 is 0 Å². The van der Waals surface area contributed by atoms with Gasteiger partial charge in [0.15, 0.2) is 29.9 Å². The number of aliphatic hydroxyl groups excluding tert-OH is 3.